The molecule has 1 aliphatic carbocycles. The van der Waals surface area contributed by atoms with Crippen molar-refractivity contribution in [1.82, 2.24) is 5.32 Å². The maximum atomic E-state index is 12.7. The fourth-order valence-electron chi connectivity index (χ4n) is 3.72. The molecule has 0 unspecified atom stereocenters. The molecule has 24 heavy (non-hydrogen) atoms. The molecule has 0 saturated carbocycles. The Morgan fingerprint density at radius 1 is 1.17 bits per heavy atom. The molecular formula is C20H20ClNO2. The van der Waals surface area contributed by atoms with Gasteiger partial charge in [0.15, 0.2) is 0 Å². The Bertz CT molecular complexity index is 774. The second-order valence-electron chi connectivity index (χ2n) is 6.62. The Balaban J connectivity index is 1.48. The summed E-state index contributed by atoms with van der Waals surface area (Å²) in [5.74, 6) is 0.749. The summed E-state index contributed by atoms with van der Waals surface area (Å²) in [5.41, 5.74) is 3.63. The highest BCUT2D eigenvalue weighted by atomic mass is 35.5. The highest BCUT2D eigenvalue weighted by Crippen LogP contribution is 2.32. The van der Waals surface area contributed by atoms with E-state index in [4.69, 9.17) is 16.3 Å². The molecular weight excluding hydrogens is 322 g/mol. The van der Waals surface area contributed by atoms with Crippen LogP contribution in [0.1, 0.15) is 35.6 Å². The van der Waals surface area contributed by atoms with Crippen LogP contribution in [0, 0.1) is 5.92 Å². The van der Waals surface area contributed by atoms with E-state index in [0.29, 0.717) is 18.1 Å². The summed E-state index contributed by atoms with van der Waals surface area (Å²) >= 11 is 6.06. The second kappa shape index (κ2) is 6.48. The summed E-state index contributed by atoms with van der Waals surface area (Å²) in [6.45, 7) is 0.425. The molecule has 3 nitrogen and oxygen atoms in total. The SMILES string of the molecule is O=C(N[C@@H]1CCCc2ccccc21)[C@@H]1COc2ccc(Cl)cc2C1. The number of carbonyl (C=O) groups excluding carboxylic acids is 1. The number of ether oxygens (including phenoxy) is 1. The molecule has 0 saturated heterocycles. The van der Waals surface area contributed by atoms with Gasteiger partial charge in [0.25, 0.3) is 0 Å². The molecule has 1 N–H and O–H groups in total. The predicted octanol–water partition coefficient (Wildman–Crippen LogP) is 4.08. The molecule has 0 spiro atoms. The predicted molar refractivity (Wildman–Crippen MR) is 94.4 cm³/mol. The first-order chi connectivity index (χ1) is 11.7. The Labute approximate surface area is 147 Å². The maximum Gasteiger partial charge on any atom is 0.227 e. The largest absolute Gasteiger partial charge is 0.492 e. The van der Waals surface area contributed by atoms with Gasteiger partial charge in [0.1, 0.15) is 12.4 Å². The zero-order valence-electron chi connectivity index (χ0n) is 13.4. The number of aryl methyl sites for hydroxylation is 1. The zero-order chi connectivity index (χ0) is 16.5. The lowest BCUT2D eigenvalue weighted by molar-refractivity contribution is -0.127. The number of carbonyl (C=O) groups is 1. The quantitative estimate of drug-likeness (QED) is 0.893. The van der Waals surface area contributed by atoms with E-state index in [2.05, 4.69) is 23.5 Å². The topological polar surface area (TPSA) is 38.3 Å². The minimum atomic E-state index is -0.162. The number of halogens is 1. The standard InChI is InChI=1S/C20H20ClNO2/c21-16-8-9-19-14(11-16)10-15(12-24-19)20(23)22-18-7-3-5-13-4-1-2-6-17(13)18/h1-2,4,6,8-9,11,15,18H,3,5,7,10,12H2,(H,22,23)/t15-,18+/m0/s1. The van der Waals surface area contributed by atoms with Crippen LogP contribution in [0.5, 0.6) is 5.75 Å². The van der Waals surface area contributed by atoms with E-state index in [-0.39, 0.29) is 17.9 Å². The highest BCUT2D eigenvalue weighted by molar-refractivity contribution is 6.30. The Morgan fingerprint density at radius 2 is 2.04 bits per heavy atom. The molecule has 124 valence electrons. The van der Waals surface area contributed by atoms with Crippen LogP contribution in [0.15, 0.2) is 42.5 Å². The van der Waals surface area contributed by atoms with Gasteiger partial charge in [-0.05, 0) is 60.6 Å². The number of hydrogen-bond acceptors (Lipinski definition) is 2. The Kier molecular flexibility index (Phi) is 4.19. The van der Waals surface area contributed by atoms with Gasteiger partial charge in [-0.15, -0.1) is 0 Å². The molecule has 0 bridgehead atoms. The van der Waals surface area contributed by atoms with Crippen molar-refractivity contribution in [2.24, 2.45) is 5.92 Å². The normalized spacial score (nSPS) is 22.0. The van der Waals surface area contributed by atoms with Gasteiger partial charge in [-0.1, -0.05) is 35.9 Å². The van der Waals surface area contributed by atoms with Gasteiger partial charge < -0.3 is 10.1 Å². The third-order valence-corrected chi connectivity index (χ3v) is 5.22. The van der Waals surface area contributed by atoms with E-state index in [1.54, 1.807) is 0 Å². The maximum absolute atomic E-state index is 12.7. The van der Waals surface area contributed by atoms with E-state index in [1.165, 1.54) is 11.1 Å². The van der Waals surface area contributed by atoms with Gasteiger partial charge in [0, 0.05) is 5.02 Å². The Morgan fingerprint density at radius 3 is 2.96 bits per heavy atom. The molecule has 1 aliphatic heterocycles. The van der Waals surface area contributed by atoms with Crippen LogP contribution >= 0.6 is 11.6 Å². The molecule has 0 fully saturated rings. The van der Waals surface area contributed by atoms with E-state index >= 15 is 0 Å². The fourth-order valence-corrected chi connectivity index (χ4v) is 3.92. The molecule has 4 rings (SSSR count). The van der Waals surface area contributed by atoms with Gasteiger partial charge in [-0.3, -0.25) is 4.79 Å². The minimum absolute atomic E-state index is 0.0716. The summed E-state index contributed by atoms with van der Waals surface area (Å²) in [6, 6.07) is 14.1. The van der Waals surface area contributed by atoms with E-state index in [1.807, 2.05) is 24.3 Å². The summed E-state index contributed by atoms with van der Waals surface area (Å²) < 4.78 is 5.75. The molecule has 2 atom stereocenters. The number of nitrogens with one attached hydrogen (secondary N) is 1. The van der Waals surface area contributed by atoms with Crippen molar-refractivity contribution in [3.8, 4) is 5.75 Å². The number of fused-ring (bicyclic) bond motifs is 2. The molecule has 2 aliphatic rings. The third-order valence-electron chi connectivity index (χ3n) is 4.99. The fraction of sp³-hybridized carbons (Fsp3) is 0.350. The van der Waals surface area contributed by atoms with Crippen LogP contribution < -0.4 is 10.1 Å². The number of amides is 1. The molecule has 0 aromatic heterocycles. The second-order valence-corrected chi connectivity index (χ2v) is 7.05. The Hall–Kier alpha value is -2.00. The van der Waals surface area contributed by atoms with Crippen LogP contribution in [0.2, 0.25) is 5.02 Å². The number of benzene rings is 2. The highest BCUT2D eigenvalue weighted by Gasteiger charge is 2.29. The summed E-state index contributed by atoms with van der Waals surface area (Å²) in [5, 5.41) is 3.92. The lowest BCUT2D eigenvalue weighted by Crippen LogP contribution is -2.40. The van der Waals surface area contributed by atoms with Gasteiger partial charge >= 0.3 is 0 Å². The van der Waals surface area contributed by atoms with E-state index in [9.17, 15) is 4.79 Å². The van der Waals surface area contributed by atoms with Crippen molar-refractivity contribution in [1.29, 1.82) is 0 Å². The van der Waals surface area contributed by atoms with Crippen LogP contribution in [0.25, 0.3) is 0 Å². The van der Waals surface area contributed by atoms with Crippen molar-refractivity contribution in [2.45, 2.75) is 31.7 Å². The van der Waals surface area contributed by atoms with E-state index in [0.717, 1.165) is 30.6 Å². The molecule has 1 heterocycles. The van der Waals surface area contributed by atoms with Gasteiger partial charge in [0.05, 0.1) is 12.0 Å². The van der Waals surface area contributed by atoms with E-state index < -0.39 is 0 Å². The van der Waals surface area contributed by atoms with Gasteiger partial charge in [-0.25, -0.2) is 0 Å². The first kappa shape index (κ1) is 15.5. The van der Waals surface area contributed by atoms with Crippen LogP contribution in [-0.4, -0.2) is 12.5 Å². The van der Waals surface area contributed by atoms with Crippen LogP contribution in [-0.2, 0) is 17.6 Å². The minimum Gasteiger partial charge on any atom is -0.492 e. The molecule has 0 radical (unpaired) electrons. The van der Waals surface area contributed by atoms with Gasteiger partial charge in [-0.2, -0.15) is 0 Å². The first-order valence-electron chi connectivity index (χ1n) is 8.50. The smallest absolute Gasteiger partial charge is 0.227 e. The first-order valence-corrected chi connectivity index (χ1v) is 8.88. The third kappa shape index (κ3) is 3.01. The summed E-state index contributed by atoms with van der Waals surface area (Å²) in [6.07, 6.45) is 3.89. The monoisotopic (exact) mass is 341 g/mol. The number of hydrogen-bond donors (Lipinski definition) is 1. The lowest BCUT2D eigenvalue weighted by Gasteiger charge is -2.30. The molecule has 2 aromatic rings. The molecule has 4 heteroatoms. The zero-order valence-corrected chi connectivity index (χ0v) is 14.2. The van der Waals surface area contributed by atoms with Crippen molar-refractivity contribution in [3.63, 3.8) is 0 Å². The van der Waals surface area contributed by atoms with Crippen LogP contribution in [0.4, 0.5) is 0 Å². The number of rotatable bonds is 2. The van der Waals surface area contributed by atoms with Crippen molar-refractivity contribution < 1.29 is 9.53 Å². The average molecular weight is 342 g/mol. The molecule has 2 aromatic carbocycles. The van der Waals surface area contributed by atoms with Crippen molar-refractivity contribution in [3.05, 3.63) is 64.2 Å². The van der Waals surface area contributed by atoms with Crippen molar-refractivity contribution >= 4 is 17.5 Å². The lowest BCUT2D eigenvalue weighted by atomic mass is 9.87. The summed E-state index contributed by atoms with van der Waals surface area (Å²) in [4.78, 5) is 12.7. The molecule has 1 amide bonds. The van der Waals surface area contributed by atoms with Gasteiger partial charge in [0.2, 0.25) is 5.91 Å². The summed E-state index contributed by atoms with van der Waals surface area (Å²) in [7, 11) is 0. The average Bonchev–Trinajstić information content (AvgIpc) is 2.61. The van der Waals surface area contributed by atoms with Crippen LogP contribution in [0.3, 0.4) is 0 Å². The van der Waals surface area contributed by atoms with Crippen molar-refractivity contribution in [2.75, 3.05) is 6.61 Å².